The van der Waals surface area contributed by atoms with E-state index in [-0.39, 0.29) is 24.9 Å². The van der Waals surface area contributed by atoms with Crippen LogP contribution in [0.2, 0.25) is 0 Å². The lowest BCUT2D eigenvalue weighted by Gasteiger charge is -2.34. The van der Waals surface area contributed by atoms with Gasteiger partial charge < -0.3 is 9.64 Å². The summed E-state index contributed by atoms with van der Waals surface area (Å²) in [6, 6.07) is 0. The molecule has 116 valence electrons. The van der Waals surface area contributed by atoms with Gasteiger partial charge in [-0.15, -0.1) is 5.10 Å². The Balaban J connectivity index is 2.03. The summed E-state index contributed by atoms with van der Waals surface area (Å²) in [4.78, 5) is 25.8. The van der Waals surface area contributed by atoms with Crippen molar-refractivity contribution in [3.05, 3.63) is 5.82 Å². The number of aromatic nitrogens is 4. The Kier molecular flexibility index (Phi) is 4.87. The maximum atomic E-state index is 12.3. The molecule has 2 atom stereocenters. The third-order valence-corrected chi connectivity index (χ3v) is 3.50. The number of rotatable bonds is 4. The summed E-state index contributed by atoms with van der Waals surface area (Å²) >= 11 is 0. The summed E-state index contributed by atoms with van der Waals surface area (Å²) in [6.45, 7) is 7.64. The van der Waals surface area contributed by atoms with Gasteiger partial charge in [-0.25, -0.2) is 9.48 Å². The molecule has 0 spiro atoms. The first kappa shape index (κ1) is 15.4. The lowest BCUT2D eigenvalue weighted by molar-refractivity contribution is -0.134. The zero-order valence-corrected chi connectivity index (χ0v) is 12.7. The Morgan fingerprint density at radius 1 is 1.29 bits per heavy atom. The highest BCUT2D eigenvalue weighted by molar-refractivity contribution is 5.86. The summed E-state index contributed by atoms with van der Waals surface area (Å²) in [5, 5.41) is 10.8. The summed E-state index contributed by atoms with van der Waals surface area (Å²) in [7, 11) is 0. The van der Waals surface area contributed by atoms with Crippen LogP contribution in [0.25, 0.3) is 0 Å². The molecule has 0 aliphatic carbocycles. The van der Waals surface area contributed by atoms with E-state index in [4.69, 9.17) is 4.74 Å². The maximum Gasteiger partial charge on any atom is 0.378 e. The van der Waals surface area contributed by atoms with Crippen LogP contribution < -0.4 is 0 Å². The smallest absolute Gasteiger partial charge is 0.378 e. The second kappa shape index (κ2) is 6.64. The number of likely N-dealkylation sites (tertiary alicyclic amines) is 1. The molecule has 1 aromatic heterocycles. The molecular formula is C13H21N5O3. The summed E-state index contributed by atoms with van der Waals surface area (Å²) in [6.07, 6.45) is 1.13. The number of hydrogen-bond acceptors (Lipinski definition) is 6. The Morgan fingerprint density at radius 3 is 2.57 bits per heavy atom. The van der Waals surface area contributed by atoms with Gasteiger partial charge in [0.1, 0.15) is 6.54 Å². The molecule has 2 heterocycles. The molecule has 1 fully saturated rings. The Bertz CT molecular complexity index is 506. The molecule has 0 bridgehead atoms. The molecule has 1 aromatic rings. The zero-order chi connectivity index (χ0) is 15.4. The van der Waals surface area contributed by atoms with Gasteiger partial charge in [0.15, 0.2) is 0 Å². The summed E-state index contributed by atoms with van der Waals surface area (Å²) < 4.78 is 6.06. The van der Waals surface area contributed by atoms with E-state index >= 15 is 0 Å². The number of ether oxygens (including phenoxy) is 1. The third kappa shape index (κ3) is 3.77. The van der Waals surface area contributed by atoms with Crippen LogP contribution in [0, 0.1) is 11.8 Å². The fourth-order valence-corrected chi connectivity index (χ4v) is 2.75. The highest BCUT2D eigenvalue weighted by atomic mass is 16.5. The molecule has 1 saturated heterocycles. The normalized spacial score (nSPS) is 22.1. The topological polar surface area (TPSA) is 90.2 Å². The number of piperidine rings is 1. The Hall–Kier alpha value is -1.99. The first-order chi connectivity index (χ1) is 10.0. The average molecular weight is 295 g/mol. The van der Waals surface area contributed by atoms with Crippen LogP contribution in [0.1, 0.15) is 37.8 Å². The van der Waals surface area contributed by atoms with Crippen molar-refractivity contribution in [1.82, 2.24) is 25.1 Å². The van der Waals surface area contributed by atoms with E-state index in [9.17, 15) is 9.59 Å². The number of carbonyl (C=O) groups excluding carboxylic acids is 2. The van der Waals surface area contributed by atoms with E-state index in [0.717, 1.165) is 19.5 Å². The van der Waals surface area contributed by atoms with Crippen LogP contribution in [0.4, 0.5) is 0 Å². The minimum atomic E-state index is -0.615. The molecule has 8 nitrogen and oxygen atoms in total. The van der Waals surface area contributed by atoms with Crippen molar-refractivity contribution >= 4 is 11.9 Å². The molecule has 0 aromatic carbocycles. The van der Waals surface area contributed by atoms with Crippen molar-refractivity contribution in [2.24, 2.45) is 11.8 Å². The predicted molar refractivity (Wildman–Crippen MR) is 73.3 cm³/mol. The average Bonchev–Trinajstić information content (AvgIpc) is 2.86. The van der Waals surface area contributed by atoms with E-state index < -0.39 is 5.97 Å². The van der Waals surface area contributed by atoms with Crippen LogP contribution in [0.3, 0.4) is 0 Å². The van der Waals surface area contributed by atoms with Crippen LogP contribution in [0.5, 0.6) is 0 Å². The van der Waals surface area contributed by atoms with Gasteiger partial charge in [0.25, 0.3) is 5.82 Å². The van der Waals surface area contributed by atoms with Gasteiger partial charge in [0, 0.05) is 13.1 Å². The van der Waals surface area contributed by atoms with Crippen molar-refractivity contribution in [2.75, 3.05) is 19.7 Å². The lowest BCUT2D eigenvalue weighted by Crippen LogP contribution is -2.44. The number of tetrazole rings is 1. The Labute approximate surface area is 123 Å². The number of esters is 1. The number of carbonyl (C=O) groups is 2. The van der Waals surface area contributed by atoms with Gasteiger partial charge >= 0.3 is 5.97 Å². The molecule has 1 aliphatic heterocycles. The van der Waals surface area contributed by atoms with Gasteiger partial charge in [-0.05, 0) is 35.6 Å². The van der Waals surface area contributed by atoms with E-state index in [1.807, 2.05) is 4.90 Å². The van der Waals surface area contributed by atoms with Crippen molar-refractivity contribution in [1.29, 1.82) is 0 Å². The highest BCUT2D eigenvalue weighted by Crippen LogP contribution is 2.21. The third-order valence-electron chi connectivity index (χ3n) is 3.50. The maximum absolute atomic E-state index is 12.3. The first-order valence-electron chi connectivity index (χ1n) is 7.22. The van der Waals surface area contributed by atoms with Gasteiger partial charge in [-0.1, -0.05) is 13.8 Å². The quantitative estimate of drug-likeness (QED) is 0.745. The molecule has 1 aliphatic rings. The molecule has 0 radical (unpaired) electrons. The van der Waals surface area contributed by atoms with Crippen LogP contribution in [-0.2, 0) is 16.1 Å². The molecule has 2 unspecified atom stereocenters. The van der Waals surface area contributed by atoms with E-state index in [1.54, 1.807) is 6.92 Å². The molecular weight excluding hydrogens is 274 g/mol. The number of nitrogens with zero attached hydrogens (tertiary/aromatic N) is 5. The van der Waals surface area contributed by atoms with Gasteiger partial charge in [0.2, 0.25) is 5.91 Å². The van der Waals surface area contributed by atoms with Crippen LogP contribution in [-0.4, -0.2) is 56.7 Å². The second-order valence-electron chi connectivity index (χ2n) is 5.63. The van der Waals surface area contributed by atoms with Crippen molar-refractivity contribution in [3.8, 4) is 0 Å². The molecule has 0 N–H and O–H groups in total. The predicted octanol–water partition coefficient (Wildman–Crippen LogP) is 0.354. The monoisotopic (exact) mass is 295 g/mol. The molecule has 2 rings (SSSR count). The van der Waals surface area contributed by atoms with Crippen LogP contribution >= 0.6 is 0 Å². The molecule has 1 amide bonds. The van der Waals surface area contributed by atoms with E-state index in [1.165, 1.54) is 4.68 Å². The highest BCUT2D eigenvalue weighted by Gasteiger charge is 2.27. The SMILES string of the molecule is CCOC(=O)c1nnnn1CC(=O)N1CC(C)CC(C)C1. The molecule has 0 saturated carbocycles. The molecule has 21 heavy (non-hydrogen) atoms. The fraction of sp³-hybridized carbons (Fsp3) is 0.769. The summed E-state index contributed by atoms with van der Waals surface area (Å²) in [5.41, 5.74) is 0. The minimum Gasteiger partial charge on any atom is -0.460 e. The van der Waals surface area contributed by atoms with Gasteiger partial charge in [0.05, 0.1) is 6.61 Å². The van der Waals surface area contributed by atoms with Gasteiger partial charge in [-0.3, -0.25) is 4.79 Å². The van der Waals surface area contributed by atoms with Crippen molar-refractivity contribution < 1.29 is 14.3 Å². The zero-order valence-electron chi connectivity index (χ0n) is 12.7. The summed E-state index contributed by atoms with van der Waals surface area (Å²) in [5.74, 6) is 0.234. The number of hydrogen-bond donors (Lipinski definition) is 0. The second-order valence-corrected chi connectivity index (χ2v) is 5.63. The lowest BCUT2D eigenvalue weighted by atomic mass is 9.92. The van der Waals surface area contributed by atoms with Gasteiger partial charge in [-0.2, -0.15) is 0 Å². The van der Waals surface area contributed by atoms with Crippen molar-refractivity contribution in [2.45, 2.75) is 33.7 Å². The fourth-order valence-electron chi connectivity index (χ4n) is 2.75. The van der Waals surface area contributed by atoms with E-state index in [2.05, 4.69) is 29.4 Å². The van der Waals surface area contributed by atoms with E-state index in [0.29, 0.717) is 11.8 Å². The minimum absolute atomic E-state index is 0.0386. The molecule has 8 heteroatoms. The Morgan fingerprint density at radius 2 is 1.95 bits per heavy atom. The number of amides is 1. The largest absolute Gasteiger partial charge is 0.460 e. The van der Waals surface area contributed by atoms with Crippen molar-refractivity contribution in [3.63, 3.8) is 0 Å². The first-order valence-corrected chi connectivity index (χ1v) is 7.22. The van der Waals surface area contributed by atoms with Crippen LogP contribution in [0.15, 0.2) is 0 Å². The standard InChI is InChI=1S/C13H21N5O3/c1-4-21-13(20)12-14-15-16-18(12)8-11(19)17-6-9(2)5-10(3)7-17/h9-10H,4-8H2,1-3H3.